The molecule has 0 radical (unpaired) electrons. The highest BCUT2D eigenvalue weighted by Crippen LogP contribution is 2.21. The Morgan fingerprint density at radius 3 is 2.94 bits per heavy atom. The molecule has 31 heavy (non-hydrogen) atoms. The van der Waals surface area contributed by atoms with Crippen LogP contribution in [0.3, 0.4) is 0 Å². The number of ether oxygens (including phenoxy) is 1. The number of fused-ring (bicyclic) bond motifs is 1. The lowest BCUT2D eigenvalue weighted by Crippen LogP contribution is -2.43. The maximum atomic E-state index is 13.0. The van der Waals surface area contributed by atoms with E-state index < -0.39 is 0 Å². The van der Waals surface area contributed by atoms with Crippen molar-refractivity contribution in [2.75, 3.05) is 39.8 Å². The lowest BCUT2D eigenvalue weighted by Gasteiger charge is -2.35. The van der Waals surface area contributed by atoms with E-state index in [2.05, 4.69) is 22.0 Å². The average Bonchev–Trinajstić information content (AvgIpc) is 3.25. The molecule has 2 aromatic carbocycles. The van der Waals surface area contributed by atoms with Gasteiger partial charge in [0.15, 0.2) is 5.58 Å². The molecule has 0 bridgehead atoms. The molecule has 0 saturated carbocycles. The van der Waals surface area contributed by atoms with Crippen molar-refractivity contribution in [1.29, 1.82) is 0 Å². The van der Waals surface area contributed by atoms with E-state index in [0.29, 0.717) is 18.0 Å². The van der Waals surface area contributed by atoms with E-state index >= 15 is 0 Å². The fourth-order valence-corrected chi connectivity index (χ4v) is 4.38. The van der Waals surface area contributed by atoms with Gasteiger partial charge in [-0.3, -0.25) is 4.79 Å². The quantitative estimate of drug-likeness (QED) is 0.544. The van der Waals surface area contributed by atoms with Gasteiger partial charge in [-0.15, -0.1) is 0 Å². The topological polar surface area (TPSA) is 58.8 Å². The van der Waals surface area contributed by atoms with Crippen molar-refractivity contribution in [3.05, 3.63) is 60.0 Å². The number of aromatic nitrogens is 1. The molecule has 3 aromatic rings. The van der Waals surface area contributed by atoms with Gasteiger partial charge in [-0.25, -0.2) is 4.98 Å². The first-order chi connectivity index (χ1) is 15.2. The zero-order valence-electron chi connectivity index (χ0n) is 18.4. The van der Waals surface area contributed by atoms with Crippen LogP contribution >= 0.6 is 0 Å². The number of piperidine rings is 1. The van der Waals surface area contributed by atoms with Gasteiger partial charge in [0.25, 0.3) is 5.89 Å². The molecule has 1 aromatic heterocycles. The molecule has 1 unspecified atom stereocenters. The minimum absolute atomic E-state index is 0.118. The van der Waals surface area contributed by atoms with E-state index in [1.54, 1.807) is 7.11 Å². The Labute approximate surface area is 183 Å². The van der Waals surface area contributed by atoms with Crippen LogP contribution in [0.1, 0.15) is 36.0 Å². The number of likely N-dealkylation sites (tertiary alicyclic amines) is 1. The number of para-hydroxylation sites is 2. The van der Waals surface area contributed by atoms with E-state index in [4.69, 9.17) is 9.15 Å². The number of benzene rings is 2. The average molecular weight is 422 g/mol. The molecule has 6 heteroatoms. The summed E-state index contributed by atoms with van der Waals surface area (Å²) < 4.78 is 11.0. The van der Waals surface area contributed by atoms with E-state index in [1.807, 2.05) is 48.2 Å². The Balaban J connectivity index is 1.34. The molecule has 6 nitrogen and oxygen atoms in total. The molecule has 1 atom stereocenters. The van der Waals surface area contributed by atoms with Crippen molar-refractivity contribution in [1.82, 2.24) is 14.8 Å². The van der Waals surface area contributed by atoms with Gasteiger partial charge in [-0.05, 0) is 68.5 Å². The van der Waals surface area contributed by atoms with E-state index in [1.165, 1.54) is 5.56 Å². The van der Waals surface area contributed by atoms with Gasteiger partial charge in [0.1, 0.15) is 11.3 Å². The first kappa shape index (κ1) is 21.4. The van der Waals surface area contributed by atoms with Crippen LogP contribution in [0.15, 0.2) is 52.9 Å². The van der Waals surface area contributed by atoms with Crippen molar-refractivity contribution in [2.24, 2.45) is 5.92 Å². The van der Waals surface area contributed by atoms with Crippen molar-refractivity contribution in [3.63, 3.8) is 0 Å². The molecule has 164 valence electrons. The number of rotatable bonds is 8. The Morgan fingerprint density at radius 2 is 2.13 bits per heavy atom. The fourth-order valence-electron chi connectivity index (χ4n) is 4.38. The Hall–Kier alpha value is -2.86. The molecular weight excluding hydrogens is 390 g/mol. The lowest BCUT2D eigenvalue weighted by atomic mass is 9.96. The van der Waals surface area contributed by atoms with Gasteiger partial charge in [0.2, 0.25) is 0 Å². The molecule has 2 heterocycles. The van der Waals surface area contributed by atoms with Crippen molar-refractivity contribution in [2.45, 2.75) is 26.2 Å². The zero-order valence-corrected chi connectivity index (χ0v) is 18.4. The summed E-state index contributed by atoms with van der Waals surface area (Å²) in [6.45, 7) is 6.56. The molecule has 1 aliphatic heterocycles. The molecule has 0 spiro atoms. The summed E-state index contributed by atoms with van der Waals surface area (Å²) in [5, 5.41) is 0. The van der Waals surface area contributed by atoms with Gasteiger partial charge >= 0.3 is 5.91 Å². The van der Waals surface area contributed by atoms with Crippen LogP contribution in [0.5, 0.6) is 5.75 Å². The van der Waals surface area contributed by atoms with Crippen molar-refractivity contribution in [3.8, 4) is 5.75 Å². The molecule has 1 amide bonds. The number of oxazole rings is 1. The number of carbonyl (C=O) groups is 1. The fraction of sp³-hybridized carbons (Fsp3) is 0.440. The molecule has 1 saturated heterocycles. The second-order valence-corrected chi connectivity index (χ2v) is 8.24. The molecule has 1 fully saturated rings. The van der Waals surface area contributed by atoms with Crippen LogP contribution in [0.4, 0.5) is 0 Å². The van der Waals surface area contributed by atoms with Crippen LogP contribution in [-0.4, -0.2) is 60.5 Å². The third kappa shape index (κ3) is 5.25. The minimum atomic E-state index is -0.118. The number of hydrogen-bond donors (Lipinski definition) is 0. The highest BCUT2D eigenvalue weighted by molar-refractivity contribution is 5.92. The van der Waals surface area contributed by atoms with Crippen LogP contribution in [-0.2, 0) is 6.42 Å². The molecular formula is C25H31N3O3. The third-order valence-corrected chi connectivity index (χ3v) is 6.08. The summed E-state index contributed by atoms with van der Waals surface area (Å²) in [7, 11) is 1.70. The lowest BCUT2D eigenvalue weighted by molar-refractivity contribution is 0.0654. The number of carbonyl (C=O) groups excluding carboxylic acids is 1. The molecule has 4 rings (SSSR count). The van der Waals surface area contributed by atoms with E-state index in [0.717, 1.165) is 56.7 Å². The Morgan fingerprint density at radius 1 is 1.26 bits per heavy atom. The molecule has 1 aliphatic rings. The maximum Gasteiger partial charge on any atom is 0.309 e. The number of nitrogens with zero attached hydrogens (tertiary/aromatic N) is 3. The number of amides is 1. The van der Waals surface area contributed by atoms with Gasteiger partial charge in [0, 0.05) is 26.2 Å². The number of methoxy groups -OCH3 is 1. The zero-order chi connectivity index (χ0) is 21.6. The van der Waals surface area contributed by atoms with Crippen molar-refractivity contribution < 1.29 is 13.9 Å². The smallest absolute Gasteiger partial charge is 0.309 e. The summed E-state index contributed by atoms with van der Waals surface area (Å²) in [5.41, 5.74) is 2.68. The van der Waals surface area contributed by atoms with Crippen LogP contribution in [0.2, 0.25) is 0 Å². The van der Waals surface area contributed by atoms with Gasteiger partial charge < -0.3 is 19.0 Å². The molecule has 0 aliphatic carbocycles. The summed E-state index contributed by atoms with van der Waals surface area (Å²) in [5.74, 6) is 1.44. The number of hydrogen-bond acceptors (Lipinski definition) is 5. The van der Waals surface area contributed by atoms with Crippen LogP contribution in [0, 0.1) is 5.92 Å². The summed E-state index contributed by atoms with van der Waals surface area (Å²) in [4.78, 5) is 21.8. The minimum Gasteiger partial charge on any atom is -0.497 e. The highest BCUT2D eigenvalue weighted by Gasteiger charge is 2.26. The predicted molar refractivity (Wildman–Crippen MR) is 121 cm³/mol. The normalized spacial score (nSPS) is 17.0. The standard InChI is InChI=1S/C25H31N3O3/c1-3-28(25(29)24-26-22-11-4-5-12-23(22)31-24)18-20-9-7-14-27(17-20)15-13-19-8-6-10-21(16-19)30-2/h4-6,8,10-12,16,20H,3,7,9,13-15,17-18H2,1-2H3. The third-order valence-electron chi connectivity index (χ3n) is 6.08. The van der Waals surface area contributed by atoms with Crippen molar-refractivity contribution >= 4 is 17.0 Å². The SMILES string of the molecule is CCN(CC1CCCN(CCc2cccc(OC)c2)C1)C(=O)c1nc2ccccc2o1. The highest BCUT2D eigenvalue weighted by atomic mass is 16.5. The van der Waals surface area contributed by atoms with Crippen LogP contribution < -0.4 is 4.74 Å². The first-order valence-corrected chi connectivity index (χ1v) is 11.2. The maximum absolute atomic E-state index is 13.0. The Bertz CT molecular complexity index is 983. The van der Waals surface area contributed by atoms with E-state index in [9.17, 15) is 4.79 Å². The summed E-state index contributed by atoms with van der Waals surface area (Å²) in [6, 6.07) is 15.8. The first-order valence-electron chi connectivity index (χ1n) is 11.2. The summed E-state index contributed by atoms with van der Waals surface area (Å²) >= 11 is 0. The second kappa shape index (κ2) is 9.96. The monoisotopic (exact) mass is 421 g/mol. The summed E-state index contributed by atoms with van der Waals surface area (Å²) in [6.07, 6.45) is 3.31. The Kier molecular flexibility index (Phi) is 6.87. The van der Waals surface area contributed by atoms with Gasteiger partial charge in [0.05, 0.1) is 7.11 Å². The van der Waals surface area contributed by atoms with E-state index in [-0.39, 0.29) is 11.8 Å². The second-order valence-electron chi connectivity index (χ2n) is 8.24. The van der Waals surface area contributed by atoms with Crippen LogP contribution in [0.25, 0.3) is 11.1 Å². The molecule has 0 N–H and O–H groups in total. The van der Waals surface area contributed by atoms with Gasteiger partial charge in [-0.2, -0.15) is 0 Å². The van der Waals surface area contributed by atoms with Gasteiger partial charge in [-0.1, -0.05) is 24.3 Å². The predicted octanol–water partition coefficient (Wildman–Crippen LogP) is 4.25. The largest absolute Gasteiger partial charge is 0.497 e.